The lowest BCUT2D eigenvalue weighted by Gasteiger charge is -2.15. The van der Waals surface area contributed by atoms with Gasteiger partial charge in [0.25, 0.3) is 0 Å². The molecule has 0 aromatic rings. The fourth-order valence-electron chi connectivity index (χ4n) is 0.624. The van der Waals surface area contributed by atoms with Crippen molar-refractivity contribution in [3.05, 3.63) is 7.16 Å². The summed E-state index contributed by atoms with van der Waals surface area (Å²) in [5, 5.41) is 26.4. The topological polar surface area (TPSA) is 60.7 Å². The second kappa shape index (κ2) is 5.74. The maximum atomic E-state index is 8.80. The Kier molecular flexibility index (Phi) is 6.25. The van der Waals surface area contributed by atoms with Crippen molar-refractivity contribution in [1.82, 2.24) is 0 Å². The van der Waals surface area contributed by atoms with Crippen LogP contribution < -0.4 is 0 Å². The van der Waals surface area contributed by atoms with Crippen LogP contribution in [0.15, 0.2) is 7.16 Å². The van der Waals surface area contributed by atoms with Crippen molar-refractivity contribution < 1.29 is 15.3 Å². The fraction of sp³-hybridized carbons (Fsp3) is 0.714. The molecule has 0 bridgehead atoms. The first kappa shape index (κ1) is 13.1. The Labute approximate surface area is 99.1 Å². The Morgan fingerprint density at radius 2 is 1.75 bits per heavy atom. The molecule has 0 rings (SSSR count). The SMILES string of the molecule is CCCC/C(I)=C(\I)C(O)(O)O. The van der Waals surface area contributed by atoms with Crippen LogP contribution in [0.25, 0.3) is 0 Å². The number of hydrogen-bond donors (Lipinski definition) is 3. The van der Waals surface area contributed by atoms with Gasteiger partial charge in [0.15, 0.2) is 0 Å². The van der Waals surface area contributed by atoms with Gasteiger partial charge in [-0.2, -0.15) is 0 Å². The van der Waals surface area contributed by atoms with Crippen LogP contribution in [0.1, 0.15) is 26.2 Å². The molecule has 0 aliphatic heterocycles. The van der Waals surface area contributed by atoms with Crippen molar-refractivity contribution in [3.63, 3.8) is 0 Å². The first-order chi connectivity index (χ1) is 5.39. The molecular formula is C7H12I2O3. The Bertz CT molecular complexity index is 172. The normalized spacial score (nSPS) is 14.5. The van der Waals surface area contributed by atoms with E-state index in [9.17, 15) is 0 Å². The molecule has 0 fully saturated rings. The predicted octanol–water partition coefficient (Wildman–Crippen LogP) is 1.89. The molecule has 0 saturated heterocycles. The molecule has 0 aromatic heterocycles. The number of halogens is 2. The number of hydrogen-bond acceptors (Lipinski definition) is 3. The van der Waals surface area contributed by atoms with Gasteiger partial charge in [0, 0.05) is 3.58 Å². The van der Waals surface area contributed by atoms with Crippen molar-refractivity contribution >= 4 is 45.2 Å². The molecule has 0 spiro atoms. The zero-order valence-electron chi connectivity index (χ0n) is 6.72. The van der Waals surface area contributed by atoms with Gasteiger partial charge >= 0.3 is 5.97 Å². The Morgan fingerprint density at radius 1 is 1.25 bits per heavy atom. The van der Waals surface area contributed by atoms with Gasteiger partial charge in [-0.25, -0.2) is 0 Å². The monoisotopic (exact) mass is 398 g/mol. The minimum atomic E-state index is -2.66. The zero-order valence-corrected chi connectivity index (χ0v) is 11.0. The summed E-state index contributed by atoms with van der Waals surface area (Å²) in [4.78, 5) is 0. The molecular weight excluding hydrogens is 386 g/mol. The lowest BCUT2D eigenvalue weighted by molar-refractivity contribution is -0.275. The minimum absolute atomic E-state index is 0.189. The first-order valence-electron chi connectivity index (χ1n) is 3.61. The maximum Gasteiger partial charge on any atom is 0.311 e. The number of aliphatic hydroxyl groups is 3. The van der Waals surface area contributed by atoms with E-state index in [2.05, 4.69) is 6.92 Å². The lowest BCUT2D eigenvalue weighted by atomic mass is 10.2. The molecule has 0 radical (unpaired) electrons. The summed E-state index contributed by atoms with van der Waals surface area (Å²) in [5.74, 6) is -2.66. The summed E-state index contributed by atoms with van der Waals surface area (Å²) in [6, 6.07) is 0. The molecule has 0 aliphatic rings. The van der Waals surface area contributed by atoms with Gasteiger partial charge in [-0.05, 0) is 58.0 Å². The second-order valence-electron chi connectivity index (χ2n) is 2.46. The van der Waals surface area contributed by atoms with E-state index in [-0.39, 0.29) is 3.58 Å². The van der Waals surface area contributed by atoms with E-state index < -0.39 is 5.97 Å². The van der Waals surface area contributed by atoms with Crippen molar-refractivity contribution in [2.45, 2.75) is 32.2 Å². The highest BCUT2D eigenvalue weighted by atomic mass is 127. The average molecular weight is 398 g/mol. The number of rotatable bonds is 4. The molecule has 0 amide bonds. The Morgan fingerprint density at radius 3 is 2.08 bits per heavy atom. The summed E-state index contributed by atoms with van der Waals surface area (Å²) in [6.45, 7) is 2.06. The van der Waals surface area contributed by atoms with Crippen LogP contribution in [-0.2, 0) is 0 Å². The molecule has 3 N–H and O–H groups in total. The van der Waals surface area contributed by atoms with E-state index in [1.54, 1.807) is 22.6 Å². The first-order valence-corrected chi connectivity index (χ1v) is 5.77. The summed E-state index contributed by atoms with van der Waals surface area (Å²) in [7, 11) is 0. The summed E-state index contributed by atoms with van der Waals surface area (Å²) in [6.07, 6.45) is 2.81. The largest absolute Gasteiger partial charge is 0.339 e. The molecule has 0 aliphatic carbocycles. The minimum Gasteiger partial charge on any atom is -0.339 e. The average Bonchev–Trinajstić information content (AvgIpc) is 1.97. The van der Waals surface area contributed by atoms with E-state index in [4.69, 9.17) is 15.3 Å². The molecule has 3 nitrogen and oxygen atoms in total. The van der Waals surface area contributed by atoms with Gasteiger partial charge in [0.1, 0.15) is 0 Å². The highest BCUT2D eigenvalue weighted by Gasteiger charge is 2.25. The third kappa shape index (κ3) is 4.95. The molecule has 0 unspecified atom stereocenters. The van der Waals surface area contributed by atoms with Crippen LogP contribution in [-0.4, -0.2) is 21.3 Å². The van der Waals surface area contributed by atoms with E-state index in [0.717, 1.165) is 22.8 Å². The van der Waals surface area contributed by atoms with Crippen LogP contribution in [0.4, 0.5) is 0 Å². The smallest absolute Gasteiger partial charge is 0.311 e. The van der Waals surface area contributed by atoms with Gasteiger partial charge < -0.3 is 15.3 Å². The highest BCUT2D eigenvalue weighted by Crippen LogP contribution is 2.29. The molecule has 0 heterocycles. The Hall–Kier alpha value is 1.08. The van der Waals surface area contributed by atoms with Crippen LogP contribution >= 0.6 is 45.2 Å². The molecule has 0 aromatic carbocycles. The lowest BCUT2D eigenvalue weighted by Crippen LogP contribution is -2.27. The Balaban J connectivity index is 4.26. The third-order valence-corrected chi connectivity index (χ3v) is 4.77. The third-order valence-electron chi connectivity index (χ3n) is 1.28. The van der Waals surface area contributed by atoms with Crippen LogP contribution in [0.5, 0.6) is 0 Å². The van der Waals surface area contributed by atoms with E-state index in [0.29, 0.717) is 0 Å². The van der Waals surface area contributed by atoms with Gasteiger partial charge in [-0.3, -0.25) is 0 Å². The number of unbranched alkanes of at least 4 members (excludes halogenated alkanes) is 1. The molecule has 5 heteroatoms. The van der Waals surface area contributed by atoms with Crippen LogP contribution in [0.2, 0.25) is 0 Å². The zero-order chi connectivity index (χ0) is 9.78. The molecule has 0 atom stereocenters. The van der Waals surface area contributed by atoms with Gasteiger partial charge in [0.05, 0.1) is 3.58 Å². The number of allylic oxidation sites excluding steroid dienone is 1. The van der Waals surface area contributed by atoms with Gasteiger partial charge in [0.2, 0.25) is 0 Å². The maximum absolute atomic E-state index is 8.80. The van der Waals surface area contributed by atoms with E-state index in [1.807, 2.05) is 22.6 Å². The summed E-state index contributed by atoms with van der Waals surface area (Å²) in [5.41, 5.74) is 0. The van der Waals surface area contributed by atoms with Crippen molar-refractivity contribution in [3.8, 4) is 0 Å². The van der Waals surface area contributed by atoms with Crippen LogP contribution in [0, 0.1) is 0 Å². The highest BCUT2D eigenvalue weighted by molar-refractivity contribution is 14.1. The predicted molar refractivity (Wildman–Crippen MR) is 64.0 cm³/mol. The van der Waals surface area contributed by atoms with Crippen molar-refractivity contribution in [2.24, 2.45) is 0 Å². The standard InChI is InChI=1S/C7H12I2O3/c1-2-3-4-5(8)6(9)7(10,11)12/h10-12H,2-4H2,1H3/b6-5+. The van der Waals surface area contributed by atoms with Crippen LogP contribution in [0.3, 0.4) is 0 Å². The van der Waals surface area contributed by atoms with Gasteiger partial charge in [-0.1, -0.05) is 13.3 Å². The summed E-state index contributed by atoms with van der Waals surface area (Å²) >= 11 is 3.74. The van der Waals surface area contributed by atoms with Crippen molar-refractivity contribution in [1.29, 1.82) is 0 Å². The van der Waals surface area contributed by atoms with Gasteiger partial charge in [-0.15, -0.1) is 0 Å². The second-order valence-corrected chi connectivity index (χ2v) is 4.84. The van der Waals surface area contributed by atoms with Crippen molar-refractivity contribution in [2.75, 3.05) is 0 Å². The van der Waals surface area contributed by atoms with E-state index in [1.165, 1.54) is 0 Å². The molecule has 0 saturated carbocycles. The quantitative estimate of drug-likeness (QED) is 0.501. The molecule has 72 valence electrons. The molecule has 12 heavy (non-hydrogen) atoms. The fourth-order valence-corrected chi connectivity index (χ4v) is 1.64. The summed E-state index contributed by atoms with van der Waals surface area (Å²) < 4.78 is 0.983. The van der Waals surface area contributed by atoms with E-state index >= 15 is 0 Å².